The molecule has 1 aliphatic rings. The van der Waals surface area contributed by atoms with Crippen LogP contribution in [0.15, 0.2) is 0 Å². The molecule has 0 amide bonds. The molecule has 0 aromatic carbocycles. The first-order valence-electron chi connectivity index (χ1n) is 4.94. The first kappa shape index (κ1) is 13.2. The van der Waals surface area contributed by atoms with Gasteiger partial charge in [0.05, 0.1) is 6.61 Å². The molecule has 0 atom stereocenters. The molecule has 1 fully saturated rings. The van der Waals surface area contributed by atoms with Crippen molar-refractivity contribution in [2.45, 2.75) is 25.8 Å². The Hall–Kier alpha value is -0.810. The average molecular weight is 204 g/mol. The third-order valence-corrected chi connectivity index (χ3v) is 2.02. The summed E-state index contributed by atoms with van der Waals surface area (Å²) in [5.74, 6) is 0. The quantitative estimate of drug-likeness (QED) is 0.576. The fourth-order valence-electron chi connectivity index (χ4n) is 1.23. The Labute approximate surface area is 84.8 Å². The molecule has 3 N–H and O–H groups in total. The van der Waals surface area contributed by atoms with Gasteiger partial charge in [0.2, 0.25) is 0 Å². The van der Waals surface area contributed by atoms with Crippen LogP contribution in [0.5, 0.6) is 0 Å². The largest absolute Gasteiger partial charge is 0.505 e. The molecule has 1 heterocycles. The highest BCUT2D eigenvalue weighted by Gasteiger charge is 2.08. The van der Waals surface area contributed by atoms with Gasteiger partial charge in [0.1, 0.15) is 0 Å². The fraction of sp³-hybridized carbons (Fsp3) is 0.889. The van der Waals surface area contributed by atoms with Gasteiger partial charge in [-0.25, -0.2) is 4.79 Å². The number of hydrogen-bond donors (Lipinski definition) is 3. The van der Waals surface area contributed by atoms with Gasteiger partial charge in [-0.05, 0) is 39.9 Å². The summed E-state index contributed by atoms with van der Waals surface area (Å²) in [6, 6.07) is 0.774. The van der Waals surface area contributed by atoms with Gasteiger partial charge in [-0.3, -0.25) is 0 Å². The molecule has 0 aromatic rings. The van der Waals surface area contributed by atoms with Gasteiger partial charge in [0.25, 0.3) is 0 Å². The second kappa shape index (κ2) is 8.77. The fourth-order valence-corrected chi connectivity index (χ4v) is 1.23. The van der Waals surface area contributed by atoms with Gasteiger partial charge in [0, 0.05) is 6.04 Å². The highest BCUT2D eigenvalue weighted by Crippen LogP contribution is 1.99. The summed E-state index contributed by atoms with van der Waals surface area (Å²) in [6.45, 7) is 4.22. The van der Waals surface area contributed by atoms with Crippen molar-refractivity contribution in [3.05, 3.63) is 0 Å². The zero-order chi connectivity index (χ0) is 10.8. The second-order valence-electron chi connectivity index (χ2n) is 3.01. The molecule has 0 bridgehead atoms. The van der Waals surface area contributed by atoms with Crippen LogP contribution in [0.3, 0.4) is 0 Å². The predicted molar refractivity (Wildman–Crippen MR) is 54.6 cm³/mol. The van der Waals surface area contributed by atoms with E-state index in [1.807, 2.05) is 7.05 Å². The van der Waals surface area contributed by atoms with E-state index in [9.17, 15) is 4.79 Å². The molecule has 14 heavy (non-hydrogen) atoms. The first-order chi connectivity index (χ1) is 6.70. The number of rotatable bonds is 2. The third-order valence-electron chi connectivity index (χ3n) is 2.02. The van der Waals surface area contributed by atoms with Crippen molar-refractivity contribution >= 4 is 6.16 Å². The number of ether oxygens (including phenoxy) is 1. The lowest BCUT2D eigenvalue weighted by molar-refractivity contribution is 0.0966. The number of carbonyl (C=O) groups is 1. The number of piperidine rings is 1. The van der Waals surface area contributed by atoms with Crippen molar-refractivity contribution in [2.24, 2.45) is 0 Å². The summed E-state index contributed by atoms with van der Waals surface area (Å²) in [6.07, 6.45) is 1.37. The van der Waals surface area contributed by atoms with Crippen molar-refractivity contribution < 1.29 is 14.6 Å². The van der Waals surface area contributed by atoms with Gasteiger partial charge in [-0.15, -0.1) is 0 Å². The average Bonchev–Trinajstić information content (AvgIpc) is 2.20. The van der Waals surface area contributed by atoms with Crippen LogP contribution in [0, 0.1) is 0 Å². The molecular formula is C9H20N2O3. The summed E-state index contributed by atoms with van der Waals surface area (Å²) < 4.78 is 3.96. The van der Waals surface area contributed by atoms with E-state index in [-0.39, 0.29) is 6.61 Å². The minimum absolute atomic E-state index is 0.231. The van der Waals surface area contributed by atoms with E-state index in [4.69, 9.17) is 5.11 Å². The lowest BCUT2D eigenvalue weighted by Gasteiger charge is -2.21. The maximum atomic E-state index is 9.38. The molecule has 0 unspecified atom stereocenters. The van der Waals surface area contributed by atoms with E-state index in [2.05, 4.69) is 15.4 Å². The summed E-state index contributed by atoms with van der Waals surface area (Å²) in [4.78, 5) is 9.38. The van der Waals surface area contributed by atoms with Gasteiger partial charge in [-0.1, -0.05) is 0 Å². The molecular weight excluding hydrogens is 184 g/mol. The SMILES string of the molecule is CCOC(=O)O.CNC1CCNCC1. The van der Waals surface area contributed by atoms with Crippen LogP contribution in [-0.4, -0.2) is 44.0 Å². The summed E-state index contributed by atoms with van der Waals surface area (Å²) in [5, 5.41) is 14.3. The van der Waals surface area contributed by atoms with Gasteiger partial charge < -0.3 is 20.5 Å². The van der Waals surface area contributed by atoms with E-state index in [0.29, 0.717) is 0 Å². The van der Waals surface area contributed by atoms with E-state index in [1.165, 1.54) is 25.9 Å². The Morgan fingerprint density at radius 2 is 2.14 bits per heavy atom. The predicted octanol–water partition coefficient (Wildman–Crippen LogP) is 0.659. The standard InChI is InChI=1S/C6H14N2.C3H6O3/c1-7-6-2-4-8-5-3-6;1-2-6-3(4)5/h6-8H,2-5H2,1H3;2H2,1H3,(H,4,5). The monoisotopic (exact) mass is 204 g/mol. The molecule has 1 saturated heterocycles. The Morgan fingerprint density at radius 1 is 1.57 bits per heavy atom. The Balaban J connectivity index is 0.000000255. The summed E-state index contributed by atoms with van der Waals surface area (Å²) in [7, 11) is 2.04. The highest BCUT2D eigenvalue weighted by atomic mass is 16.7. The smallest absolute Gasteiger partial charge is 0.450 e. The lowest BCUT2D eigenvalue weighted by Crippen LogP contribution is -2.37. The van der Waals surface area contributed by atoms with Gasteiger partial charge >= 0.3 is 6.16 Å². The summed E-state index contributed by atoms with van der Waals surface area (Å²) in [5.41, 5.74) is 0. The molecule has 1 rings (SSSR count). The molecule has 0 spiro atoms. The van der Waals surface area contributed by atoms with Crippen molar-refractivity contribution in [2.75, 3.05) is 26.7 Å². The number of hydrogen-bond acceptors (Lipinski definition) is 4. The van der Waals surface area contributed by atoms with E-state index < -0.39 is 6.16 Å². The van der Waals surface area contributed by atoms with Crippen molar-refractivity contribution in [3.8, 4) is 0 Å². The molecule has 1 aliphatic heterocycles. The summed E-state index contributed by atoms with van der Waals surface area (Å²) >= 11 is 0. The zero-order valence-electron chi connectivity index (χ0n) is 8.88. The minimum Gasteiger partial charge on any atom is -0.450 e. The molecule has 84 valence electrons. The maximum absolute atomic E-state index is 9.38. The minimum atomic E-state index is -1.21. The molecule has 5 heteroatoms. The van der Waals surface area contributed by atoms with Gasteiger partial charge in [0.15, 0.2) is 0 Å². The van der Waals surface area contributed by atoms with Crippen LogP contribution < -0.4 is 10.6 Å². The molecule has 5 nitrogen and oxygen atoms in total. The first-order valence-corrected chi connectivity index (χ1v) is 4.94. The number of nitrogens with one attached hydrogen (secondary N) is 2. The lowest BCUT2D eigenvalue weighted by atomic mass is 10.1. The van der Waals surface area contributed by atoms with E-state index in [1.54, 1.807) is 6.92 Å². The van der Waals surface area contributed by atoms with Crippen LogP contribution in [0.4, 0.5) is 4.79 Å². The molecule has 0 aromatic heterocycles. The van der Waals surface area contributed by atoms with E-state index >= 15 is 0 Å². The Bertz CT molecular complexity index is 147. The Morgan fingerprint density at radius 3 is 2.36 bits per heavy atom. The molecule has 0 radical (unpaired) electrons. The molecule has 0 aliphatic carbocycles. The second-order valence-corrected chi connectivity index (χ2v) is 3.01. The topological polar surface area (TPSA) is 70.6 Å². The van der Waals surface area contributed by atoms with Crippen molar-refractivity contribution in [1.29, 1.82) is 0 Å². The van der Waals surface area contributed by atoms with Crippen LogP contribution in [0.25, 0.3) is 0 Å². The maximum Gasteiger partial charge on any atom is 0.505 e. The highest BCUT2D eigenvalue weighted by molar-refractivity contribution is 5.56. The zero-order valence-corrected chi connectivity index (χ0v) is 8.88. The van der Waals surface area contributed by atoms with E-state index in [0.717, 1.165) is 6.04 Å². The van der Waals surface area contributed by atoms with Crippen LogP contribution in [0.2, 0.25) is 0 Å². The van der Waals surface area contributed by atoms with Crippen molar-refractivity contribution in [3.63, 3.8) is 0 Å². The Kier molecular flexibility index (Phi) is 8.27. The van der Waals surface area contributed by atoms with Gasteiger partial charge in [-0.2, -0.15) is 0 Å². The normalized spacial score (nSPS) is 16.7. The van der Waals surface area contributed by atoms with Crippen molar-refractivity contribution in [1.82, 2.24) is 10.6 Å². The van der Waals surface area contributed by atoms with Crippen LogP contribution in [-0.2, 0) is 4.74 Å². The third kappa shape index (κ3) is 7.82. The van der Waals surface area contributed by atoms with Crippen LogP contribution in [0.1, 0.15) is 19.8 Å². The molecule has 0 saturated carbocycles. The number of carboxylic acid groups (broad SMARTS) is 1. The van der Waals surface area contributed by atoms with Crippen LogP contribution >= 0.6 is 0 Å².